The van der Waals surface area contributed by atoms with Crippen molar-refractivity contribution in [3.8, 4) is 0 Å². The first-order valence-electron chi connectivity index (χ1n) is 8.54. The van der Waals surface area contributed by atoms with Crippen LogP contribution >= 0.6 is 12.4 Å². The standard InChI is InChI=1S/C17H24N4O3.ClH/c1-12-4-7-19(8-5-12)15-3-2-13(10-16(15)21(23)24)17(22)20-9-6-14(18)11-20;/h2-3,10,12,14H,4-9,11,18H2,1H3;1H/t14-;/m1./s1. The number of hydrogen-bond donors (Lipinski definition) is 1. The predicted octanol–water partition coefficient (Wildman–Crippen LogP) is 2.43. The van der Waals surface area contributed by atoms with Crippen molar-refractivity contribution >= 4 is 29.7 Å². The molecule has 138 valence electrons. The molecule has 7 nitrogen and oxygen atoms in total. The topological polar surface area (TPSA) is 92.7 Å². The van der Waals surface area contributed by atoms with Gasteiger partial charge in [0.1, 0.15) is 5.69 Å². The third kappa shape index (κ3) is 4.22. The maximum atomic E-state index is 12.5. The van der Waals surface area contributed by atoms with Crippen LogP contribution in [0.2, 0.25) is 0 Å². The number of carbonyl (C=O) groups is 1. The molecule has 0 bridgehead atoms. The number of likely N-dealkylation sites (tertiary alicyclic amines) is 1. The highest BCUT2D eigenvalue weighted by atomic mass is 35.5. The third-order valence-electron chi connectivity index (χ3n) is 5.06. The minimum Gasteiger partial charge on any atom is -0.366 e. The molecule has 2 fully saturated rings. The maximum absolute atomic E-state index is 12.5. The van der Waals surface area contributed by atoms with Gasteiger partial charge in [0, 0.05) is 43.9 Å². The first kappa shape index (κ1) is 19.5. The number of benzene rings is 1. The molecule has 25 heavy (non-hydrogen) atoms. The fourth-order valence-corrected chi connectivity index (χ4v) is 3.47. The summed E-state index contributed by atoms with van der Waals surface area (Å²) in [5, 5.41) is 11.5. The van der Waals surface area contributed by atoms with Gasteiger partial charge in [-0.1, -0.05) is 6.92 Å². The monoisotopic (exact) mass is 368 g/mol. The Balaban J connectivity index is 0.00000225. The summed E-state index contributed by atoms with van der Waals surface area (Å²) in [7, 11) is 0. The highest BCUT2D eigenvalue weighted by Gasteiger charge is 2.28. The van der Waals surface area contributed by atoms with Gasteiger partial charge in [-0.15, -0.1) is 12.4 Å². The van der Waals surface area contributed by atoms with Crippen molar-refractivity contribution < 1.29 is 9.72 Å². The van der Waals surface area contributed by atoms with Crippen LogP contribution in [0, 0.1) is 16.0 Å². The van der Waals surface area contributed by atoms with Gasteiger partial charge in [0.25, 0.3) is 11.6 Å². The Morgan fingerprint density at radius 3 is 2.48 bits per heavy atom. The molecule has 2 aliphatic rings. The fraction of sp³-hybridized carbons (Fsp3) is 0.588. The van der Waals surface area contributed by atoms with Gasteiger partial charge in [-0.05, 0) is 37.3 Å². The zero-order chi connectivity index (χ0) is 17.3. The molecule has 8 heteroatoms. The van der Waals surface area contributed by atoms with E-state index in [0.29, 0.717) is 30.3 Å². The molecule has 2 N–H and O–H groups in total. The molecule has 2 heterocycles. The summed E-state index contributed by atoms with van der Waals surface area (Å²) in [6.45, 7) is 4.96. The summed E-state index contributed by atoms with van der Waals surface area (Å²) in [5.41, 5.74) is 6.83. The Kier molecular flexibility index (Phi) is 6.24. The van der Waals surface area contributed by atoms with E-state index in [1.165, 1.54) is 6.07 Å². The second kappa shape index (κ2) is 8.01. The van der Waals surface area contributed by atoms with Crippen LogP contribution in [0.25, 0.3) is 0 Å². The lowest BCUT2D eigenvalue weighted by Crippen LogP contribution is -2.34. The van der Waals surface area contributed by atoms with Crippen molar-refractivity contribution in [1.82, 2.24) is 4.90 Å². The van der Waals surface area contributed by atoms with Crippen LogP contribution in [0.4, 0.5) is 11.4 Å². The highest BCUT2D eigenvalue weighted by molar-refractivity contribution is 5.96. The molecule has 1 amide bonds. The summed E-state index contributed by atoms with van der Waals surface area (Å²) >= 11 is 0. The van der Waals surface area contributed by atoms with Gasteiger partial charge in [-0.2, -0.15) is 0 Å². The molecule has 1 atom stereocenters. The SMILES string of the molecule is CC1CCN(c2ccc(C(=O)N3CC[C@@H](N)C3)cc2[N+](=O)[O-])CC1.Cl. The lowest BCUT2D eigenvalue weighted by molar-refractivity contribution is -0.384. The lowest BCUT2D eigenvalue weighted by Gasteiger charge is -2.31. The van der Waals surface area contributed by atoms with Gasteiger partial charge >= 0.3 is 0 Å². The van der Waals surface area contributed by atoms with Crippen LogP contribution < -0.4 is 10.6 Å². The average Bonchev–Trinajstić information content (AvgIpc) is 3.01. The largest absolute Gasteiger partial charge is 0.366 e. The number of amides is 1. The fourth-order valence-electron chi connectivity index (χ4n) is 3.47. The number of halogens is 1. The van der Waals surface area contributed by atoms with Crippen LogP contribution in [-0.4, -0.2) is 48.0 Å². The number of carbonyl (C=O) groups excluding carboxylic acids is 1. The number of hydrogen-bond acceptors (Lipinski definition) is 5. The second-order valence-corrected chi connectivity index (χ2v) is 6.93. The van der Waals surface area contributed by atoms with Gasteiger partial charge < -0.3 is 15.5 Å². The highest BCUT2D eigenvalue weighted by Crippen LogP contribution is 2.32. The molecule has 3 rings (SSSR count). The van der Waals surface area contributed by atoms with Crippen molar-refractivity contribution in [2.75, 3.05) is 31.1 Å². The molecule has 0 spiro atoms. The molecular weight excluding hydrogens is 344 g/mol. The molecule has 2 aliphatic heterocycles. The maximum Gasteiger partial charge on any atom is 0.293 e. The second-order valence-electron chi connectivity index (χ2n) is 6.93. The van der Waals surface area contributed by atoms with Crippen LogP contribution in [0.15, 0.2) is 18.2 Å². The Morgan fingerprint density at radius 2 is 1.92 bits per heavy atom. The summed E-state index contributed by atoms with van der Waals surface area (Å²) in [6.07, 6.45) is 2.84. The number of nitrogens with zero attached hydrogens (tertiary/aromatic N) is 3. The molecule has 0 aromatic heterocycles. The third-order valence-corrected chi connectivity index (χ3v) is 5.06. The molecule has 1 aromatic rings. The Morgan fingerprint density at radius 1 is 1.24 bits per heavy atom. The van der Waals surface area contributed by atoms with Gasteiger partial charge in [-0.3, -0.25) is 14.9 Å². The molecule has 1 aromatic carbocycles. The molecule has 0 radical (unpaired) electrons. The summed E-state index contributed by atoms with van der Waals surface area (Å²) in [6, 6.07) is 4.84. The molecular formula is C17H25ClN4O3. The minimum atomic E-state index is -0.389. The van der Waals surface area contributed by atoms with E-state index < -0.39 is 0 Å². The number of nitro benzene ring substituents is 1. The lowest BCUT2D eigenvalue weighted by atomic mass is 9.98. The van der Waals surface area contributed by atoms with E-state index in [4.69, 9.17) is 5.73 Å². The van der Waals surface area contributed by atoms with Crippen molar-refractivity contribution in [1.29, 1.82) is 0 Å². The number of piperidine rings is 1. The van der Waals surface area contributed by atoms with Crippen molar-refractivity contribution in [3.63, 3.8) is 0 Å². The quantitative estimate of drug-likeness (QED) is 0.653. The summed E-state index contributed by atoms with van der Waals surface area (Å²) in [5.74, 6) is 0.477. The van der Waals surface area contributed by atoms with Gasteiger partial charge in [-0.25, -0.2) is 0 Å². The van der Waals surface area contributed by atoms with Gasteiger partial charge in [0.05, 0.1) is 4.92 Å². The van der Waals surface area contributed by atoms with E-state index >= 15 is 0 Å². The number of anilines is 1. The first-order valence-corrected chi connectivity index (χ1v) is 8.54. The minimum absolute atomic E-state index is 0. The van der Waals surface area contributed by atoms with Crippen LogP contribution in [0.3, 0.4) is 0 Å². The van der Waals surface area contributed by atoms with E-state index in [-0.39, 0.29) is 35.0 Å². The average molecular weight is 369 g/mol. The smallest absolute Gasteiger partial charge is 0.293 e. The van der Waals surface area contributed by atoms with Crippen LogP contribution in [0.5, 0.6) is 0 Å². The zero-order valence-corrected chi connectivity index (χ0v) is 15.2. The Labute approximate surface area is 153 Å². The summed E-state index contributed by atoms with van der Waals surface area (Å²) in [4.78, 5) is 27.4. The van der Waals surface area contributed by atoms with E-state index in [0.717, 1.165) is 32.4 Å². The predicted molar refractivity (Wildman–Crippen MR) is 99.5 cm³/mol. The number of nitrogens with two attached hydrogens (primary N) is 1. The summed E-state index contributed by atoms with van der Waals surface area (Å²) < 4.78 is 0. The number of rotatable bonds is 3. The van der Waals surface area contributed by atoms with Gasteiger partial charge in [0.2, 0.25) is 0 Å². The first-order chi connectivity index (χ1) is 11.5. The normalized spacial score (nSPS) is 21.1. The van der Waals surface area contributed by atoms with Gasteiger partial charge in [0.15, 0.2) is 0 Å². The van der Waals surface area contributed by atoms with E-state index in [9.17, 15) is 14.9 Å². The van der Waals surface area contributed by atoms with E-state index in [1.807, 2.05) is 0 Å². The molecule has 0 unspecified atom stereocenters. The van der Waals surface area contributed by atoms with Crippen molar-refractivity contribution in [2.24, 2.45) is 11.7 Å². The Bertz CT molecular complexity index is 647. The van der Waals surface area contributed by atoms with Crippen molar-refractivity contribution in [3.05, 3.63) is 33.9 Å². The van der Waals surface area contributed by atoms with Crippen LogP contribution in [-0.2, 0) is 0 Å². The number of nitro groups is 1. The molecule has 0 aliphatic carbocycles. The van der Waals surface area contributed by atoms with Crippen molar-refractivity contribution in [2.45, 2.75) is 32.2 Å². The Hall–Kier alpha value is -1.86. The van der Waals surface area contributed by atoms with E-state index in [2.05, 4.69) is 11.8 Å². The molecule has 0 saturated carbocycles. The van der Waals surface area contributed by atoms with Crippen LogP contribution in [0.1, 0.15) is 36.5 Å². The molecule has 2 saturated heterocycles. The zero-order valence-electron chi connectivity index (χ0n) is 14.4. The van der Waals surface area contributed by atoms with E-state index in [1.54, 1.807) is 17.0 Å².